The first-order chi connectivity index (χ1) is 19.3. The Bertz CT molecular complexity index is 1690. The van der Waals surface area contributed by atoms with E-state index in [-0.39, 0.29) is 12.4 Å². The van der Waals surface area contributed by atoms with Crippen molar-refractivity contribution in [2.45, 2.75) is 43.2 Å². The Labute approximate surface area is 237 Å². The zero-order valence-corrected chi connectivity index (χ0v) is 23.8. The molecule has 0 radical (unpaired) electrons. The number of anilines is 3. The average molecular weight is 578 g/mol. The van der Waals surface area contributed by atoms with Gasteiger partial charge in [-0.25, -0.2) is 23.4 Å². The van der Waals surface area contributed by atoms with Crippen LogP contribution in [0.15, 0.2) is 47.5 Å². The lowest BCUT2D eigenvalue weighted by Gasteiger charge is -2.34. The van der Waals surface area contributed by atoms with E-state index in [1.54, 1.807) is 24.4 Å². The molecule has 0 amide bonds. The second-order valence-corrected chi connectivity index (χ2v) is 14.1. The molecular formula is C28H31N7O3S2. The number of aliphatic hydroxyl groups is 1. The minimum absolute atomic E-state index is 0.185. The number of nitrogens with zero attached hydrogens (tertiary/aromatic N) is 6. The molecule has 40 heavy (non-hydrogen) atoms. The minimum Gasteiger partial charge on any atom is -0.395 e. The second kappa shape index (κ2) is 10.0. The maximum Gasteiger partial charge on any atom is 0.227 e. The van der Waals surface area contributed by atoms with E-state index in [1.165, 1.54) is 11.3 Å². The van der Waals surface area contributed by atoms with E-state index in [4.69, 9.17) is 15.0 Å². The average Bonchev–Trinajstić information content (AvgIpc) is 3.31. The molecule has 10 nitrogen and oxygen atoms in total. The molecule has 3 aromatic heterocycles. The van der Waals surface area contributed by atoms with Gasteiger partial charge in [-0.2, -0.15) is 4.98 Å². The summed E-state index contributed by atoms with van der Waals surface area (Å²) in [6.07, 6.45) is 4.86. The van der Waals surface area contributed by atoms with Crippen LogP contribution >= 0.6 is 11.3 Å². The maximum absolute atomic E-state index is 12.8. The van der Waals surface area contributed by atoms with Gasteiger partial charge in [0, 0.05) is 61.3 Å². The van der Waals surface area contributed by atoms with E-state index >= 15 is 0 Å². The molecule has 2 atom stereocenters. The number of benzene rings is 1. The smallest absolute Gasteiger partial charge is 0.227 e. The van der Waals surface area contributed by atoms with Gasteiger partial charge in [-0.1, -0.05) is 12.1 Å². The Morgan fingerprint density at radius 1 is 1.07 bits per heavy atom. The van der Waals surface area contributed by atoms with Crippen LogP contribution in [0.4, 0.5) is 17.6 Å². The normalized spacial score (nSPS) is 21.0. The van der Waals surface area contributed by atoms with Gasteiger partial charge >= 0.3 is 0 Å². The lowest BCUT2D eigenvalue weighted by atomic mass is 10.2. The van der Waals surface area contributed by atoms with Gasteiger partial charge in [0.15, 0.2) is 9.84 Å². The van der Waals surface area contributed by atoms with Crippen LogP contribution in [0.25, 0.3) is 20.8 Å². The summed E-state index contributed by atoms with van der Waals surface area (Å²) in [5, 5.41) is 13.4. The molecule has 1 aliphatic carbocycles. The summed E-state index contributed by atoms with van der Waals surface area (Å²) in [6.45, 7) is 4.65. The molecule has 2 bridgehead atoms. The van der Waals surface area contributed by atoms with E-state index in [0.29, 0.717) is 47.0 Å². The first-order valence-corrected chi connectivity index (χ1v) is 16.2. The molecule has 4 aromatic rings. The van der Waals surface area contributed by atoms with Crippen molar-refractivity contribution in [3.8, 4) is 10.6 Å². The topological polar surface area (TPSA) is 124 Å². The fourth-order valence-corrected chi connectivity index (χ4v) is 8.46. The third-order valence-electron chi connectivity index (χ3n) is 7.96. The first-order valence-electron chi connectivity index (χ1n) is 13.7. The third-order valence-corrected chi connectivity index (χ3v) is 10.9. The van der Waals surface area contributed by atoms with E-state index in [9.17, 15) is 13.5 Å². The van der Waals surface area contributed by atoms with Crippen LogP contribution in [0.3, 0.4) is 0 Å². The van der Waals surface area contributed by atoms with Crippen LogP contribution in [-0.4, -0.2) is 82.4 Å². The van der Waals surface area contributed by atoms with Gasteiger partial charge in [-0.05, 0) is 44.2 Å². The molecule has 5 heterocycles. The van der Waals surface area contributed by atoms with Crippen molar-refractivity contribution in [1.29, 1.82) is 0 Å². The van der Waals surface area contributed by atoms with Crippen LogP contribution in [-0.2, 0) is 9.84 Å². The summed E-state index contributed by atoms with van der Waals surface area (Å²) in [4.78, 5) is 23.9. The fourth-order valence-electron chi connectivity index (χ4n) is 5.81. The highest BCUT2D eigenvalue weighted by Gasteiger charge is 2.44. The highest BCUT2D eigenvalue weighted by Crippen LogP contribution is 2.36. The highest BCUT2D eigenvalue weighted by atomic mass is 32.2. The predicted octanol–water partition coefficient (Wildman–Crippen LogP) is 3.64. The summed E-state index contributed by atoms with van der Waals surface area (Å²) in [5.41, 5.74) is 2.45. The molecule has 0 spiro atoms. The number of aromatic nitrogens is 4. The largest absolute Gasteiger partial charge is 0.395 e. The van der Waals surface area contributed by atoms with Crippen molar-refractivity contribution in [3.05, 3.63) is 48.3 Å². The quantitative estimate of drug-likeness (QED) is 0.305. The number of hydrogen-bond acceptors (Lipinski definition) is 11. The number of thiazole rings is 1. The Morgan fingerprint density at radius 3 is 2.73 bits per heavy atom. The van der Waals surface area contributed by atoms with Crippen molar-refractivity contribution in [1.82, 2.24) is 24.8 Å². The summed E-state index contributed by atoms with van der Waals surface area (Å²) < 4.78 is 26.5. The number of pyridine rings is 1. The molecule has 3 fully saturated rings. The molecule has 7 rings (SSSR count). The number of fused-ring (bicyclic) bond motifs is 3. The molecule has 0 unspecified atom stereocenters. The number of hydrogen-bond donors (Lipinski definition) is 2. The van der Waals surface area contributed by atoms with E-state index in [0.717, 1.165) is 58.8 Å². The summed E-state index contributed by atoms with van der Waals surface area (Å²) in [7, 11) is -3.29. The molecule has 208 valence electrons. The number of nitrogens with one attached hydrogen (secondary N) is 1. The Morgan fingerprint density at radius 2 is 1.95 bits per heavy atom. The number of β-amino-alcohol motifs (C(OH)–C–C–N with tert-alkyl or cyclic N) is 1. The van der Waals surface area contributed by atoms with Crippen LogP contribution in [0.2, 0.25) is 0 Å². The zero-order valence-electron chi connectivity index (χ0n) is 22.2. The van der Waals surface area contributed by atoms with Crippen molar-refractivity contribution in [3.63, 3.8) is 0 Å². The Balaban J connectivity index is 1.11. The van der Waals surface area contributed by atoms with Crippen molar-refractivity contribution >= 4 is 49.0 Å². The van der Waals surface area contributed by atoms with Crippen molar-refractivity contribution in [2.24, 2.45) is 5.92 Å². The minimum atomic E-state index is -3.29. The monoisotopic (exact) mass is 577 g/mol. The molecule has 1 saturated carbocycles. The second-order valence-electron chi connectivity index (χ2n) is 11.0. The van der Waals surface area contributed by atoms with E-state index < -0.39 is 9.84 Å². The van der Waals surface area contributed by atoms with E-state index in [2.05, 4.69) is 20.1 Å². The Hall–Kier alpha value is -3.19. The number of likely N-dealkylation sites (tertiary alicyclic amines) is 1. The van der Waals surface area contributed by atoms with Gasteiger partial charge in [0.2, 0.25) is 5.95 Å². The van der Waals surface area contributed by atoms with Gasteiger partial charge in [-0.15, -0.1) is 11.3 Å². The number of aliphatic hydroxyl groups excluding tert-OH is 1. The number of rotatable bonds is 9. The summed E-state index contributed by atoms with van der Waals surface area (Å²) in [6, 6.07) is 11.7. The molecular weight excluding hydrogens is 546 g/mol. The van der Waals surface area contributed by atoms with E-state index in [1.807, 2.05) is 25.1 Å². The van der Waals surface area contributed by atoms with Crippen LogP contribution in [0, 0.1) is 12.8 Å². The van der Waals surface area contributed by atoms with Gasteiger partial charge in [0.25, 0.3) is 0 Å². The van der Waals surface area contributed by atoms with Crippen molar-refractivity contribution in [2.75, 3.05) is 42.2 Å². The molecule has 2 N–H and O–H groups in total. The molecule has 3 aliphatic rings. The van der Waals surface area contributed by atoms with Crippen molar-refractivity contribution < 1.29 is 13.5 Å². The molecule has 2 saturated heterocycles. The van der Waals surface area contributed by atoms with Gasteiger partial charge in [-0.3, -0.25) is 4.90 Å². The van der Waals surface area contributed by atoms with Crippen LogP contribution < -0.4 is 10.2 Å². The number of piperazine rings is 1. The first kappa shape index (κ1) is 25.8. The lowest BCUT2D eigenvalue weighted by Crippen LogP contribution is -2.47. The molecule has 2 aliphatic heterocycles. The fraction of sp³-hybridized carbons (Fsp3) is 0.429. The molecule has 1 aromatic carbocycles. The SMILES string of the molecule is Cc1cc(Nc2cc3nc(-c4cccc(S(=O)(=O)CC5CC5)c4)sc3cn2)nc(N2C[C@@H]3C[C@H]2CN3CCO)n1. The number of aryl methyl sites for hydroxylation is 1. The standard InChI is InChI=1S/C28H31N7O3S2/c1-17-9-26(33-28(30-17)35-15-20-11-21(35)14-34(20)7-8-36)32-25-12-23-24(13-29-25)39-27(31-23)19-3-2-4-22(10-19)40(37,38)16-18-5-6-18/h2-4,9-10,12-13,18,20-21,36H,5-8,11,14-16H2,1H3,(H,29,30,32,33)/t20-,21-/m0/s1. The summed E-state index contributed by atoms with van der Waals surface area (Å²) >= 11 is 1.49. The highest BCUT2D eigenvalue weighted by molar-refractivity contribution is 7.91. The lowest BCUT2D eigenvalue weighted by molar-refractivity contribution is 0.176. The van der Waals surface area contributed by atoms with Crippen LogP contribution in [0.5, 0.6) is 0 Å². The predicted molar refractivity (Wildman–Crippen MR) is 156 cm³/mol. The number of sulfone groups is 1. The maximum atomic E-state index is 12.8. The third kappa shape index (κ3) is 5.05. The van der Waals surface area contributed by atoms with Gasteiger partial charge in [0.05, 0.1) is 27.5 Å². The zero-order chi connectivity index (χ0) is 27.4. The Kier molecular flexibility index (Phi) is 6.45. The van der Waals surface area contributed by atoms with Crippen LogP contribution in [0.1, 0.15) is 25.0 Å². The van der Waals surface area contributed by atoms with Gasteiger partial charge < -0.3 is 15.3 Å². The summed E-state index contributed by atoms with van der Waals surface area (Å²) in [5.74, 6) is 2.54. The molecule has 12 heteroatoms. The van der Waals surface area contributed by atoms with Gasteiger partial charge in [0.1, 0.15) is 16.6 Å².